The topological polar surface area (TPSA) is 103 Å². The zero-order valence-corrected chi connectivity index (χ0v) is 11.3. The molecule has 0 spiro atoms. The fourth-order valence-corrected chi connectivity index (χ4v) is 1.85. The molecular weight excluding hydrogens is 314 g/mol. The Morgan fingerprint density at radius 3 is 2.95 bits per heavy atom. The third kappa shape index (κ3) is 3.38. The number of nitrogens with zero attached hydrogens (tertiary/aromatic N) is 3. The first kappa shape index (κ1) is 13.2. The van der Waals surface area contributed by atoms with Crippen LogP contribution in [0.5, 0.6) is 0 Å². The lowest BCUT2D eigenvalue weighted by Crippen LogP contribution is -2.18. The highest BCUT2D eigenvalue weighted by Gasteiger charge is 2.12. The fourth-order valence-electron chi connectivity index (χ4n) is 1.42. The van der Waals surface area contributed by atoms with Gasteiger partial charge in [0.25, 0.3) is 5.91 Å². The normalized spacial score (nSPS) is 10.2. The van der Waals surface area contributed by atoms with Gasteiger partial charge in [-0.2, -0.15) is 5.10 Å². The van der Waals surface area contributed by atoms with Gasteiger partial charge >= 0.3 is 0 Å². The van der Waals surface area contributed by atoms with Gasteiger partial charge in [0.05, 0.1) is 11.9 Å². The van der Waals surface area contributed by atoms with E-state index >= 15 is 0 Å². The van der Waals surface area contributed by atoms with Crippen molar-refractivity contribution in [3.05, 3.63) is 40.9 Å². The predicted molar refractivity (Wildman–Crippen MR) is 71.3 cm³/mol. The molecule has 19 heavy (non-hydrogen) atoms. The molecule has 3 N–H and O–H groups in total. The number of nitrogens with one attached hydrogen (secondary N) is 1. The van der Waals surface area contributed by atoms with Crippen LogP contribution in [0.15, 0.2) is 35.2 Å². The molecule has 7 nitrogen and oxygen atoms in total. The summed E-state index contributed by atoms with van der Waals surface area (Å²) in [7, 11) is 0. The van der Waals surface area contributed by atoms with E-state index < -0.39 is 5.91 Å². The van der Waals surface area contributed by atoms with E-state index in [1.165, 1.54) is 23.3 Å². The highest BCUT2D eigenvalue weighted by atomic mass is 79.9. The molecule has 2 amide bonds. The highest BCUT2D eigenvalue weighted by molar-refractivity contribution is 9.10. The number of halogens is 1. The monoisotopic (exact) mass is 323 g/mol. The van der Waals surface area contributed by atoms with Crippen LogP contribution >= 0.6 is 15.9 Å². The van der Waals surface area contributed by atoms with Crippen LogP contribution < -0.4 is 11.1 Å². The number of nitrogens with two attached hydrogens (primary N) is 1. The molecular formula is C11H10BrN5O2. The lowest BCUT2D eigenvalue weighted by atomic mass is 10.3. The molecule has 0 aliphatic heterocycles. The third-order valence-electron chi connectivity index (χ3n) is 2.18. The van der Waals surface area contributed by atoms with E-state index in [9.17, 15) is 9.59 Å². The van der Waals surface area contributed by atoms with Gasteiger partial charge < -0.3 is 11.1 Å². The van der Waals surface area contributed by atoms with E-state index in [2.05, 4.69) is 31.3 Å². The van der Waals surface area contributed by atoms with Gasteiger partial charge in [0.2, 0.25) is 5.91 Å². The zero-order chi connectivity index (χ0) is 13.8. The molecule has 0 saturated carbocycles. The minimum atomic E-state index is -0.506. The molecule has 0 fully saturated rings. The summed E-state index contributed by atoms with van der Waals surface area (Å²) >= 11 is 3.24. The minimum absolute atomic E-state index is 0.0385. The smallest absolute Gasteiger partial charge is 0.275 e. The Bertz CT molecular complexity index is 625. The van der Waals surface area contributed by atoms with Gasteiger partial charge in [-0.05, 0) is 28.1 Å². The van der Waals surface area contributed by atoms with E-state index in [1.54, 1.807) is 12.1 Å². The average Bonchev–Trinajstić information content (AvgIpc) is 2.76. The molecule has 2 heterocycles. The second-order valence-corrected chi connectivity index (χ2v) is 4.54. The highest BCUT2D eigenvalue weighted by Crippen LogP contribution is 2.15. The van der Waals surface area contributed by atoms with Crippen molar-refractivity contribution in [1.29, 1.82) is 0 Å². The quantitative estimate of drug-likeness (QED) is 0.867. The van der Waals surface area contributed by atoms with Crippen LogP contribution in [0.25, 0.3) is 0 Å². The first-order valence-corrected chi connectivity index (χ1v) is 6.08. The van der Waals surface area contributed by atoms with Gasteiger partial charge in [0.1, 0.15) is 12.2 Å². The Morgan fingerprint density at radius 1 is 1.47 bits per heavy atom. The maximum atomic E-state index is 11.9. The molecule has 0 aliphatic carbocycles. The van der Waals surface area contributed by atoms with Crippen molar-refractivity contribution in [2.45, 2.75) is 6.54 Å². The van der Waals surface area contributed by atoms with E-state index in [4.69, 9.17) is 5.73 Å². The summed E-state index contributed by atoms with van der Waals surface area (Å²) in [6.07, 6.45) is 4.47. The summed E-state index contributed by atoms with van der Waals surface area (Å²) in [4.78, 5) is 26.6. The molecule has 98 valence electrons. The average molecular weight is 324 g/mol. The molecule has 0 aliphatic rings. The van der Waals surface area contributed by atoms with E-state index in [0.717, 1.165) is 0 Å². The number of hydrogen-bond acceptors (Lipinski definition) is 4. The van der Waals surface area contributed by atoms with Crippen LogP contribution in [-0.2, 0) is 11.3 Å². The first-order valence-electron chi connectivity index (χ1n) is 5.29. The Morgan fingerprint density at radius 2 is 2.26 bits per heavy atom. The summed E-state index contributed by atoms with van der Waals surface area (Å²) in [5, 5.41) is 6.52. The second kappa shape index (κ2) is 5.61. The van der Waals surface area contributed by atoms with Crippen molar-refractivity contribution in [3.63, 3.8) is 0 Å². The number of primary amides is 1. The van der Waals surface area contributed by atoms with E-state index in [1.807, 2.05) is 0 Å². The molecule has 0 radical (unpaired) electrons. The molecule has 2 aromatic heterocycles. The number of carbonyl (C=O) groups excluding carboxylic acids is 2. The Kier molecular flexibility index (Phi) is 3.91. The largest absolute Gasteiger partial charge is 0.368 e. The number of rotatable bonds is 4. The van der Waals surface area contributed by atoms with Crippen LogP contribution in [-0.4, -0.2) is 26.6 Å². The van der Waals surface area contributed by atoms with Crippen LogP contribution in [0, 0.1) is 0 Å². The molecule has 0 atom stereocenters. The van der Waals surface area contributed by atoms with Gasteiger partial charge in [-0.1, -0.05) is 0 Å². The summed E-state index contributed by atoms with van der Waals surface area (Å²) in [6, 6.07) is 3.43. The van der Waals surface area contributed by atoms with Crippen molar-refractivity contribution in [3.8, 4) is 0 Å². The van der Waals surface area contributed by atoms with E-state index in [0.29, 0.717) is 10.2 Å². The van der Waals surface area contributed by atoms with Gasteiger partial charge in [-0.25, -0.2) is 4.98 Å². The van der Waals surface area contributed by atoms with Crippen molar-refractivity contribution in [1.82, 2.24) is 14.8 Å². The standard InChI is InChI=1S/C11H10BrN5O2/c12-8-2-1-3-14-10(8)11(19)16-7-4-15-17(5-7)6-9(13)18/h1-5H,6H2,(H2,13,18)(H,16,19). The maximum Gasteiger partial charge on any atom is 0.275 e. The zero-order valence-electron chi connectivity index (χ0n) is 9.71. The molecule has 0 saturated heterocycles. The Labute approximate surface area is 116 Å². The third-order valence-corrected chi connectivity index (χ3v) is 2.82. The molecule has 0 unspecified atom stereocenters. The summed E-state index contributed by atoms with van der Waals surface area (Å²) in [5.41, 5.74) is 5.77. The number of hydrogen-bond donors (Lipinski definition) is 2. The van der Waals surface area contributed by atoms with Gasteiger partial charge in [-0.3, -0.25) is 14.3 Å². The number of anilines is 1. The van der Waals surface area contributed by atoms with Crippen molar-refractivity contribution in [2.75, 3.05) is 5.32 Å². The maximum absolute atomic E-state index is 11.9. The van der Waals surface area contributed by atoms with Gasteiger partial charge in [0, 0.05) is 16.9 Å². The van der Waals surface area contributed by atoms with Gasteiger partial charge in [-0.15, -0.1) is 0 Å². The van der Waals surface area contributed by atoms with Crippen LogP contribution in [0.3, 0.4) is 0 Å². The summed E-state index contributed by atoms with van der Waals surface area (Å²) in [5.74, 6) is -0.875. The van der Waals surface area contributed by atoms with Crippen LogP contribution in [0.1, 0.15) is 10.5 Å². The molecule has 8 heteroatoms. The van der Waals surface area contributed by atoms with Crippen LogP contribution in [0.4, 0.5) is 5.69 Å². The molecule has 2 aromatic rings. The van der Waals surface area contributed by atoms with Crippen molar-refractivity contribution >= 4 is 33.4 Å². The van der Waals surface area contributed by atoms with Gasteiger partial charge in [0.15, 0.2) is 0 Å². The number of carbonyl (C=O) groups is 2. The summed E-state index contributed by atoms with van der Waals surface area (Å²) in [6.45, 7) is -0.0385. The number of aromatic nitrogens is 3. The molecule has 0 bridgehead atoms. The second-order valence-electron chi connectivity index (χ2n) is 3.68. The van der Waals surface area contributed by atoms with Crippen molar-refractivity contribution < 1.29 is 9.59 Å². The lowest BCUT2D eigenvalue weighted by molar-refractivity contribution is -0.118. The minimum Gasteiger partial charge on any atom is -0.368 e. The molecule has 2 rings (SSSR count). The Balaban J connectivity index is 2.09. The van der Waals surface area contributed by atoms with Crippen LogP contribution in [0.2, 0.25) is 0 Å². The number of pyridine rings is 1. The lowest BCUT2D eigenvalue weighted by Gasteiger charge is -2.03. The SMILES string of the molecule is NC(=O)Cn1cc(NC(=O)c2ncccc2Br)cn1. The predicted octanol–water partition coefficient (Wildman–Crippen LogP) is 0.778. The molecule has 0 aromatic carbocycles. The fraction of sp³-hybridized carbons (Fsp3) is 0.0909. The summed E-state index contributed by atoms with van der Waals surface area (Å²) < 4.78 is 1.93. The first-order chi connectivity index (χ1) is 9.06. The number of amides is 2. The van der Waals surface area contributed by atoms with Crippen molar-refractivity contribution in [2.24, 2.45) is 5.73 Å². The Hall–Kier alpha value is -2.22. The van der Waals surface area contributed by atoms with E-state index in [-0.39, 0.29) is 18.1 Å².